The lowest BCUT2D eigenvalue weighted by Gasteiger charge is -2.38. The van der Waals surface area contributed by atoms with Crippen molar-refractivity contribution in [2.24, 2.45) is 0 Å². The number of benzene rings is 1. The lowest BCUT2D eigenvalue weighted by atomic mass is 9.95. The smallest absolute Gasteiger partial charge is 0.178 e. The molecule has 0 aromatic heterocycles. The zero-order chi connectivity index (χ0) is 14.8. The fourth-order valence-corrected chi connectivity index (χ4v) is 4.02. The van der Waals surface area contributed by atoms with Gasteiger partial charge in [-0.15, -0.1) is 0 Å². The minimum Gasteiger partial charge on any atom is -0.388 e. The zero-order valence-corrected chi connectivity index (χ0v) is 13.0. The van der Waals surface area contributed by atoms with Gasteiger partial charge < -0.3 is 10.0 Å². The maximum Gasteiger partial charge on any atom is 0.178 e. The van der Waals surface area contributed by atoms with Gasteiger partial charge in [-0.25, -0.2) is 8.42 Å². The monoisotopic (exact) mass is 297 g/mol. The highest BCUT2D eigenvalue weighted by molar-refractivity contribution is 7.91. The first-order valence-corrected chi connectivity index (χ1v) is 8.79. The summed E-state index contributed by atoms with van der Waals surface area (Å²) in [6.45, 7) is 5.20. The first-order valence-electron chi connectivity index (χ1n) is 7.14. The summed E-state index contributed by atoms with van der Waals surface area (Å²) in [6, 6.07) is 7.02. The molecule has 4 nitrogen and oxygen atoms in total. The number of aliphatic hydroxyl groups is 1. The Bertz CT molecular complexity index is 549. The summed E-state index contributed by atoms with van der Waals surface area (Å²) in [5.41, 5.74) is 0.311. The van der Waals surface area contributed by atoms with Crippen LogP contribution >= 0.6 is 0 Å². The number of anilines is 1. The molecule has 1 fully saturated rings. The predicted molar refractivity (Wildman–Crippen MR) is 80.9 cm³/mol. The molecule has 1 aliphatic rings. The Morgan fingerprint density at radius 1 is 1.30 bits per heavy atom. The summed E-state index contributed by atoms with van der Waals surface area (Å²) in [6.07, 6.45) is 2.38. The van der Waals surface area contributed by atoms with E-state index in [1.807, 2.05) is 26.0 Å². The van der Waals surface area contributed by atoms with E-state index in [1.165, 1.54) is 0 Å². The third-order valence-corrected chi connectivity index (χ3v) is 5.64. The molecule has 1 atom stereocenters. The van der Waals surface area contributed by atoms with E-state index in [2.05, 4.69) is 4.90 Å². The van der Waals surface area contributed by atoms with Crippen molar-refractivity contribution in [3.05, 3.63) is 24.3 Å². The van der Waals surface area contributed by atoms with Crippen LogP contribution in [0.4, 0.5) is 5.69 Å². The SMILES string of the molecule is CCCS(=O)(=O)c1ccc(N2CCCC(C)(O)C2)cc1. The van der Waals surface area contributed by atoms with Gasteiger partial charge in [0.2, 0.25) is 0 Å². The average Bonchev–Trinajstić information content (AvgIpc) is 2.38. The van der Waals surface area contributed by atoms with Crippen LogP contribution in [0.3, 0.4) is 0 Å². The maximum absolute atomic E-state index is 12.0. The van der Waals surface area contributed by atoms with Gasteiger partial charge in [-0.3, -0.25) is 0 Å². The summed E-state index contributed by atoms with van der Waals surface area (Å²) < 4.78 is 23.9. The summed E-state index contributed by atoms with van der Waals surface area (Å²) in [7, 11) is -3.15. The Labute approximate surface area is 121 Å². The highest BCUT2D eigenvalue weighted by atomic mass is 32.2. The van der Waals surface area contributed by atoms with Gasteiger partial charge in [0, 0.05) is 18.8 Å². The Kier molecular flexibility index (Phi) is 4.39. The predicted octanol–water partition coefficient (Wildman–Crippen LogP) is 2.22. The van der Waals surface area contributed by atoms with E-state index in [4.69, 9.17) is 0 Å². The second kappa shape index (κ2) is 5.74. The molecule has 0 aliphatic carbocycles. The topological polar surface area (TPSA) is 57.6 Å². The van der Waals surface area contributed by atoms with Gasteiger partial charge in [0.15, 0.2) is 9.84 Å². The molecule has 1 unspecified atom stereocenters. The first-order chi connectivity index (χ1) is 9.34. The van der Waals surface area contributed by atoms with Gasteiger partial charge in [-0.2, -0.15) is 0 Å². The van der Waals surface area contributed by atoms with Crippen LogP contribution in [0, 0.1) is 0 Å². The van der Waals surface area contributed by atoms with Gasteiger partial charge in [-0.05, 0) is 50.5 Å². The molecule has 1 saturated heterocycles. The van der Waals surface area contributed by atoms with Crippen LogP contribution in [0.5, 0.6) is 0 Å². The number of sulfone groups is 1. The number of hydrogen-bond acceptors (Lipinski definition) is 4. The molecule has 1 aliphatic heterocycles. The molecule has 5 heteroatoms. The standard InChI is InChI=1S/C15H23NO3S/c1-3-11-20(18,19)14-7-5-13(6-8-14)16-10-4-9-15(2,17)12-16/h5-8,17H,3-4,9-12H2,1-2H3. The van der Waals surface area contributed by atoms with Gasteiger partial charge in [0.1, 0.15) is 0 Å². The average molecular weight is 297 g/mol. The Hall–Kier alpha value is -1.07. The van der Waals surface area contributed by atoms with E-state index in [-0.39, 0.29) is 5.75 Å². The molecule has 20 heavy (non-hydrogen) atoms. The molecule has 1 heterocycles. The molecule has 112 valence electrons. The van der Waals surface area contributed by atoms with Crippen molar-refractivity contribution in [2.75, 3.05) is 23.7 Å². The molecule has 0 radical (unpaired) electrons. The lowest BCUT2D eigenvalue weighted by molar-refractivity contribution is 0.0449. The van der Waals surface area contributed by atoms with Crippen molar-refractivity contribution >= 4 is 15.5 Å². The van der Waals surface area contributed by atoms with E-state index in [1.54, 1.807) is 12.1 Å². The van der Waals surface area contributed by atoms with Gasteiger partial charge >= 0.3 is 0 Å². The maximum atomic E-state index is 12.0. The van der Waals surface area contributed by atoms with Gasteiger partial charge in [0.05, 0.1) is 16.2 Å². The van der Waals surface area contributed by atoms with E-state index < -0.39 is 15.4 Å². The molecule has 1 aromatic rings. The zero-order valence-electron chi connectivity index (χ0n) is 12.2. The van der Waals surface area contributed by atoms with E-state index in [0.29, 0.717) is 17.9 Å². The van der Waals surface area contributed by atoms with E-state index >= 15 is 0 Å². The highest BCUT2D eigenvalue weighted by Gasteiger charge is 2.28. The second-order valence-electron chi connectivity index (χ2n) is 5.83. The number of rotatable bonds is 4. The Morgan fingerprint density at radius 3 is 2.50 bits per heavy atom. The Morgan fingerprint density at radius 2 is 1.95 bits per heavy atom. The lowest BCUT2D eigenvalue weighted by Crippen LogP contribution is -2.46. The van der Waals surface area contributed by atoms with Crippen LogP contribution in [-0.2, 0) is 9.84 Å². The molecule has 0 amide bonds. The Balaban J connectivity index is 2.16. The molecule has 1 N–H and O–H groups in total. The van der Waals surface area contributed by atoms with E-state index in [0.717, 1.165) is 25.1 Å². The minimum absolute atomic E-state index is 0.185. The van der Waals surface area contributed by atoms with Crippen LogP contribution in [0.1, 0.15) is 33.1 Å². The molecule has 0 saturated carbocycles. The second-order valence-corrected chi connectivity index (χ2v) is 7.94. The van der Waals surface area contributed by atoms with Crippen LogP contribution in [0.25, 0.3) is 0 Å². The number of piperidine rings is 1. The van der Waals surface area contributed by atoms with Crippen molar-refractivity contribution in [1.29, 1.82) is 0 Å². The third kappa shape index (κ3) is 3.52. The fraction of sp³-hybridized carbons (Fsp3) is 0.600. The van der Waals surface area contributed by atoms with Crippen molar-refractivity contribution in [1.82, 2.24) is 0 Å². The van der Waals surface area contributed by atoms with Crippen LogP contribution in [0.15, 0.2) is 29.2 Å². The summed E-state index contributed by atoms with van der Waals surface area (Å²) in [5, 5.41) is 10.1. The molecule has 1 aromatic carbocycles. The first kappa shape index (κ1) is 15.3. The van der Waals surface area contributed by atoms with E-state index in [9.17, 15) is 13.5 Å². The van der Waals surface area contributed by atoms with Gasteiger partial charge in [0.25, 0.3) is 0 Å². The fourth-order valence-electron chi connectivity index (χ4n) is 2.69. The molecule has 2 rings (SSSR count). The third-order valence-electron chi connectivity index (χ3n) is 3.71. The largest absolute Gasteiger partial charge is 0.388 e. The molecule has 0 bridgehead atoms. The molecule has 0 spiro atoms. The van der Waals surface area contributed by atoms with Crippen LogP contribution < -0.4 is 4.90 Å². The van der Waals surface area contributed by atoms with Crippen molar-refractivity contribution in [3.63, 3.8) is 0 Å². The van der Waals surface area contributed by atoms with Crippen molar-refractivity contribution in [3.8, 4) is 0 Å². The number of hydrogen-bond donors (Lipinski definition) is 1. The minimum atomic E-state index is -3.15. The van der Waals surface area contributed by atoms with Crippen LogP contribution in [-0.4, -0.2) is 38.0 Å². The normalized spacial score (nSPS) is 23.9. The summed E-state index contributed by atoms with van der Waals surface area (Å²) in [4.78, 5) is 2.49. The van der Waals surface area contributed by atoms with Crippen LogP contribution in [0.2, 0.25) is 0 Å². The summed E-state index contributed by atoms with van der Waals surface area (Å²) >= 11 is 0. The molecular formula is C15H23NO3S. The van der Waals surface area contributed by atoms with Crippen molar-refractivity contribution < 1.29 is 13.5 Å². The number of nitrogens with zero attached hydrogens (tertiary/aromatic N) is 1. The van der Waals surface area contributed by atoms with Crippen molar-refractivity contribution in [2.45, 2.75) is 43.6 Å². The highest BCUT2D eigenvalue weighted by Crippen LogP contribution is 2.26. The quantitative estimate of drug-likeness (QED) is 0.926. The molecular weight excluding hydrogens is 274 g/mol. The summed E-state index contributed by atoms with van der Waals surface area (Å²) in [5.74, 6) is 0.185. The van der Waals surface area contributed by atoms with Gasteiger partial charge in [-0.1, -0.05) is 6.92 Å². The number of β-amino-alcohol motifs (C(OH)–C–C–N with tert-alkyl or cyclic N) is 1.